The molecule has 0 aliphatic rings. The smallest absolute Gasteiger partial charge is 0.270 e. The van der Waals surface area contributed by atoms with Gasteiger partial charge in [0, 0.05) is 23.4 Å². The molecule has 1 N–H and O–H groups in total. The Labute approximate surface area is 123 Å². The summed E-state index contributed by atoms with van der Waals surface area (Å²) in [5.74, 6) is -1.54. The fourth-order valence-corrected chi connectivity index (χ4v) is 1.84. The number of aryl methyl sites for hydroxylation is 1. The summed E-state index contributed by atoms with van der Waals surface area (Å²) in [5, 5.41) is 13.4. The normalized spacial score (nSPS) is 10.2. The molecule has 1 aromatic heterocycles. The van der Waals surface area contributed by atoms with Gasteiger partial charge >= 0.3 is 0 Å². The number of nitrogens with zero attached hydrogens (tertiary/aromatic N) is 2. The number of hydrogen-bond acceptors (Lipinski definition) is 4. The predicted octanol–water partition coefficient (Wildman–Crippen LogP) is 3.34. The first-order valence-electron chi connectivity index (χ1n) is 5.76. The lowest BCUT2D eigenvalue weighted by Crippen LogP contribution is -2.15. The van der Waals surface area contributed by atoms with Crippen molar-refractivity contribution in [1.82, 2.24) is 4.98 Å². The van der Waals surface area contributed by atoms with Gasteiger partial charge in [0.2, 0.25) is 0 Å². The highest BCUT2D eigenvalue weighted by Gasteiger charge is 2.20. The number of amides is 1. The van der Waals surface area contributed by atoms with E-state index in [2.05, 4.69) is 10.3 Å². The van der Waals surface area contributed by atoms with Gasteiger partial charge in [0.1, 0.15) is 11.6 Å². The van der Waals surface area contributed by atoms with E-state index in [0.29, 0.717) is 5.02 Å². The van der Waals surface area contributed by atoms with Crippen molar-refractivity contribution in [1.29, 1.82) is 0 Å². The summed E-state index contributed by atoms with van der Waals surface area (Å²) in [7, 11) is 0. The zero-order chi connectivity index (χ0) is 15.6. The number of halogens is 2. The summed E-state index contributed by atoms with van der Waals surface area (Å²) in [6.45, 7) is 1.34. The Balaban J connectivity index is 2.37. The third kappa shape index (κ3) is 3.32. The molecular weight excluding hydrogens is 301 g/mol. The van der Waals surface area contributed by atoms with Crippen molar-refractivity contribution in [3.63, 3.8) is 0 Å². The third-order valence-corrected chi connectivity index (χ3v) is 2.89. The fourth-order valence-electron chi connectivity index (χ4n) is 1.68. The molecule has 0 saturated heterocycles. The van der Waals surface area contributed by atoms with Gasteiger partial charge in [-0.05, 0) is 24.6 Å². The van der Waals surface area contributed by atoms with Crippen molar-refractivity contribution >= 4 is 29.0 Å². The van der Waals surface area contributed by atoms with Gasteiger partial charge in [-0.1, -0.05) is 11.6 Å². The molecule has 0 aliphatic carbocycles. The number of rotatable bonds is 3. The molecular formula is C13H9ClFN3O3. The highest BCUT2D eigenvalue weighted by atomic mass is 35.5. The molecule has 6 nitrogen and oxygen atoms in total. The van der Waals surface area contributed by atoms with E-state index < -0.39 is 22.2 Å². The SMILES string of the molecule is Cc1cc([N+](=O)[O-])cc(C(=O)Nc2cc(Cl)ccn2)c1F. The maximum absolute atomic E-state index is 13.9. The van der Waals surface area contributed by atoms with Gasteiger partial charge in [-0.3, -0.25) is 14.9 Å². The highest BCUT2D eigenvalue weighted by molar-refractivity contribution is 6.30. The Morgan fingerprint density at radius 2 is 2.14 bits per heavy atom. The summed E-state index contributed by atoms with van der Waals surface area (Å²) in [6, 6.07) is 4.82. The number of carbonyl (C=O) groups excluding carboxylic acids is 1. The van der Waals surface area contributed by atoms with Gasteiger partial charge in [-0.25, -0.2) is 9.37 Å². The minimum atomic E-state index is -0.839. The van der Waals surface area contributed by atoms with Crippen LogP contribution in [0.5, 0.6) is 0 Å². The molecule has 2 rings (SSSR count). The Morgan fingerprint density at radius 1 is 1.43 bits per heavy atom. The number of nitro groups is 1. The van der Waals surface area contributed by atoms with E-state index in [-0.39, 0.29) is 17.1 Å². The number of non-ortho nitro benzene ring substituents is 1. The van der Waals surface area contributed by atoms with E-state index in [4.69, 9.17) is 11.6 Å². The van der Waals surface area contributed by atoms with Crippen LogP contribution in [-0.2, 0) is 0 Å². The monoisotopic (exact) mass is 309 g/mol. The lowest BCUT2D eigenvalue weighted by atomic mass is 10.1. The first-order valence-corrected chi connectivity index (χ1v) is 6.13. The van der Waals surface area contributed by atoms with E-state index in [1.54, 1.807) is 0 Å². The molecule has 0 spiro atoms. The van der Waals surface area contributed by atoms with Crippen LogP contribution in [0.2, 0.25) is 5.02 Å². The standard InChI is InChI=1S/C13H9ClFN3O3/c1-7-4-9(18(20)21)6-10(12(7)15)13(19)17-11-5-8(14)2-3-16-11/h2-6H,1H3,(H,16,17,19). The Morgan fingerprint density at radius 3 is 2.76 bits per heavy atom. The van der Waals surface area contributed by atoms with Gasteiger partial charge in [0.25, 0.3) is 11.6 Å². The quantitative estimate of drug-likeness (QED) is 0.696. The lowest BCUT2D eigenvalue weighted by Gasteiger charge is -2.07. The molecule has 108 valence electrons. The number of benzene rings is 1. The second kappa shape index (κ2) is 5.84. The molecule has 1 aromatic carbocycles. The number of aromatic nitrogens is 1. The topological polar surface area (TPSA) is 85.1 Å². The van der Waals surface area contributed by atoms with E-state index >= 15 is 0 Å². The van der Waals surface area contributed by atoms with Crippen LogP contribution in [-0.4, -0.2) is 15.8 Å². The first kappa shape index (κ1) is 14.9. The van der Waals surface area contributed by atoms with Crippen molar-refractivity contribution in [2.45, 2.75) is 6.92 Å². The number of nitrogens with one attached hydrogen (secondary N) is 1. The Bertz CT molecular complexity index is 737. The zero-order valence-electron chi connectivity index (χ0n) is 10.8. The second-order valence-electron chi connectivity index (χ2n) is 4.19. The van der Waals surface area contributed by atoms with Crippen LogP contribution in [0.15, 0.2) is 30.5 Å². The molecule has 0 atom stereocenters. The van der Waals surface area contributed by atoms with Crippen molar-refractivity contribution in [3.05, 3.63) is 62.5 Å². The van der Waals surface area contributed by atoms with Crippen molar-refractivity contribution in [3.8, 4) is 0 Å². The van der Waals surface area contributed by atoms with Crippen LogP contribution in [0.1, 0.15) is 15.9 Å². The molecule has 0 aliphatic heterocycles. The maximum atomic E-state index is 13.9. The lowest BCUT2D eigenvalue weighted by molar-refractivity contribution is -0.385. The van der Waals surface area contributed by atoms with Crippen LogP contribution in [0.25, 0.3) is 0 Å². The molecule has 1 heterocycles. The van der Waals surface area contributed by atoms with E-state index in [9.17, 15) is 19.3 Å². The largest absolute Gasteiger partial charge is 0.306 e. The van der Waals surface area contributed by atoms with Gasteiger partial charge in [0.15, 0.2) is 0 Å². The summed E-state index contributed by atoms with van der Waals surface area (Å²) in [4.78, 5) is 25.9. The van der Waals surface area contributed by atoms with Gasteiger partial charge in [-0.15, -0.1) is 0 Å². The molecule has 21 heavy (non-hydrogen) atoms. The molecule has 8 heteroatoms. The Kier molecular flexibility index (Phi) is 4.13. The van der Waals surface area contributed by atoms with Crippen molar-refractivity contribution < 1.29 is 14.1 Å². The van der Waals surface area contributed by atoms with Gasteiger partial charge in [-0.2, -0.15) is 0 Å². The maximum Gasteiger partial charge on any atom is 0.270 e. The highest BCUT2D eigenvalue weighted by Crippen LogP contribution is 2.22. The van der Waals surface area contributed by atoms with Gasteiger partial charge in [0.05, 0.1) is 10.5 Å². The number of pyridine rings is 1. The molecule has 2 aromatic rings. The first-order chi connectivity index (χ1) is 9.88. The molecule has 0 saturated carbocycles. The summed E-state index contributed by atoms with van der Waals surface area (Å²) in [6.07, 6.45) is 1.37. The summed E-state index contributed by atoms with van der Waals surface area (Å²) >= 11 is 5.74. The average molecular weight is 310 g/mol. The number of hydrogen-bond donors (Lipinski definition) is 1. The fraction of sp³-hybridized carbons (Fsp3) is 0.0769. The molecule has 0 radical (unpaired) electrons. The third-order valence-electron chi connectivity index (χ3n) is 2.66. The number of anilines is 1. The summed E-state index contributed by atoms with van der Waals surface area (Å²) in [5.41, 5.74) is -0.782. The zero-order valence-corrected chi connectivity index (χ0v) is 11.5. The van der Waals surface area contributed by atoms with E-state index in [1.807, 2.05) is 0 Å². The van der Waals surface area contributed by atoms with Crippen molar-refractivity contribution in [2.24, 2.45) is 0 Å². The van der Waals surface area contributed by atoms with Gasteiger partial charge < -0.3 is 5.32 Å². The van der Waals surface area contributed by atoms with Crippen molar-refractivity contribution in [2.75, 3.05) is 5.32 Å². The average Bonchev–Trinajstić information content (AvgIpc) is 2.41. The minimum Gasteiger partial charge on any atom is -0.306 e. The van der Waals surface area contributed by atoms with Crippen LogP contribution < -0.4 is 5.32 Å². The van der Waals surface area contributed by atoms with Crippen LogP contribution >= 0.6 is 11.6 Å². The summed E-state index contributed by atoms with van der Waals surface area (Å²) < 4.78 is 13.9. The second-order valence-corrected chi connectivity index (χ2v) is 4.63. The van der Waals surface area contributed by atoms with Crippen LogP contribution in [0, 0.1) is 22.9 Å². The number of nitro benzene ring substituents is 1. The molecule has 0 bridgehead atoms. The van der Waals surface area contributed by atoms with Crippen LogP contribution in [0.4, 0.5) is 15.9 Å². The Hall–Kier alpha value is -2.54. The molecule has 0 fully saturated rings. The van der Waals surface area contributed by atoms with E-state index in [0.717, 1.165) is 12.1 Å². The molecule has 1 amide bonds. The van der Waals surface area contributed by atoms with E-state index in [1.165, 1.54) is 25.3 Å². The molecule has 0 unspecified atom stereocenters. The minimum absolute atomic E-state index is 0.00778. The van der Waals surface area contributed by atoms with Crippen LogP contribution in [0.3, 0.4) is 0 Å². The number of carbonyl (C=O) groups is 1. The predicted molar refractivity (Wildman–Crippen MR) is 75.0 cm³/mol.